The number of ether oxygens (including phenoxy) is 1. The minimum atomic E-state index is -2.98. The van der Waals surface area contributed by atoms with Gasteiger partial charge in [-0.1, -0.05) is 24.3 Å². The Labute approximate surface area is 94.6 Å². The van der Waals surface area contributed by atoms with Gasteiger partial charge in [0.15, 0.2) is 0 Å². The molecule has 0 aliphatic heterocycles. The Morgan fingerprint density at radius 2 is 1.47 bits per heavy atom. The van der Waals surface area contributed by atoms with Crippen LogP contribution in [0.2, 0.25) is 0 Å². The van der Waals surface area contributed by atoms with E-state index in [9.17, 15) is 17.6 Å². The smallest absolute Gasteiger partial charge is 0.387 e. The van der Waals surface area contributed by atoms with Crippen LogP contribution < -0.4 is 4.74 Å². The van der Waals surface area contributed by atoms with Crippen LogP contribution in [0.1, 0.15) is 12.0 Å². The van der Waals surface area contributed by atoms with E-state index in [0.717, 1.165) is 12.1 Å². The molecule has 0 fully saturated rings. The molecule has 0 spiro atoms. The molecule has 0 radical (unpaired) electrons. The molecule has 0 saturated carbocycles. The maximum Gasteiger partial charge on any atom is 0.387 e. The number of hydrogen-bond acceptors (Lipinski definition) is 1. The third-order valence-corrected chi connectivity index (χ3v) is 2.37. The molecule has 0 amide bonds. The van der Waals surface area contributed by atoms with Crippen LogP contribution in [0, 0.1) is 0 Å². The number of rotatable bonds is 3. The third kappa shape index (κ3) is 2.33. The topological polar surface area (TPSA) is 9.23 Å². The second kappa shape index (κ2) is 4.61. The van der Waals surface area contributed by atoms with Crippen molar-refractivity contribution in [1.29, 1.82) is 0 Å². The van der Waals surface area contributed by atoms with Crippen molar-refractivity contribution in [3.63, 3.8) is 0 Å². The van der Waals surface area contributed by atoms with E-state index in [1.807, 2.05) is 0 Å². The van der Waals surface area contributed by atoms with E-state index >= 15 is 0 Å². The van der Waals surface area contributed by atoms with Gasteiger partial charge >= 0.3 is 6.61 Å². The van der Waals surface area contributed by atoms with Crippen molar-refractivity contribution in [3.05, 3.63) is 42.0 Å². The third-order valence-electron chi connectivity index (χ3n) is 2.37. The van der Waals surface area contributed by atoms with Crippen LogP contribution >= 0.6 is 0 Å². The Morgan fingerprint density at radius 1 is 0.824 bits per heavy atom. The first-order valence-corrected chi connectivity index (χ1v) is 4.84. The normalized spacial score (nSPS) is 11.4. The first kappa shape index (κ1) is 11.7. The molecule has 90 valence electrons. The zero-order chi connectivity index (χ0) is 12.4. The van der Waals surface area contributed by atoms with Crippen molar-refractivity contribution in [1.82, 2.24) is 0 Å². The highest BCUT2D eigenvalue weighted by atomic mass is 19.3. The number of fused-ring (bicyclic) bond motifs is 1. The lowest BCUT2D eigenvalue weighted by Crippen LogP contribution is -2.02. The highest BCUT2D eigenvalue weighted by Crippen LogP contribution is 2.34. The lowest BCUT2D eigenvalue weighted by Gasteiger charge is -2.11. The average Bonchev–Trinajstić information content (AvgIpc) is 2.28. The minimum Gasteiger partial charge on any atom is -0.434 e. The number of hydrogen-bond donors (Lipinski definition) is 0. The van der Waals surface area contributed by atoms with Crippen molar-refractivity contribution in [2.24, 2.45) is 0 Å². The van der Waals surface area contributed by atoms with Crippen LogP contribution in [-0.4, -0.2) is 6.61 Å². The van der Waals surface area contributed by atoms with Crippen LogP contribution in [0.4, 0.5) is 17.6 Å². The summed E-state index contributed by atoms with van der Waals surface area (Å²) in [6, 6.07) is 8.31. The van der Waals surface area contributed by atoms with Gasteiger partial charge in [0, 0.05) is 10.9 Å². The molecule has 0 atom stereocenters. The van der Waals surface area contributed by atoms with E-state index in [2.05, 4.69) is 4.74 Å². The summed E-state index contributed by atoms with van der Waals surface area (Å²) in [5.41, 5.74) is -0.192. The highest BCUT2D eigenvalue weighted by Gasteiger charge is 2.15. The van der Waals surface area contributed by atoms with Crippen LogP contribution in [0.3, 0.4) is 0 Å². The van der Waals surface area contributed by atoms with Crippen molar-refractivity contribution in [2.45, 2.75) is 13.0 Å². The molecule has 0 saturated heterocycles. The van der Waals surface area contributed by atoms with Crippen LogP contribution in [0.25, 0.3) is 10.8 Å². The van der Waals surface area contributed by atoms with Gasteiger partial charge in [-0.25, -0.2) is 8.78 Å². The lowest BCUT2D eigenvalue weighted by atomic mass is 10.0. The predicted octanol–water partition coefficient (Wildman–Crippen LogP) is 4.38. The maximum atomic E-state index is 12.7. The molecule has 0 aliphatic rings. The van der Waals surface area contributed by atoms with E-state index in [0.29, 0.717) is 0 Å². The largest absolute Gasteiger partial charge is 0.434 e. The van der Waals surface area contributed by atoms with Gasteiger partial charge in [-0.3, -0.25) is 0 Å². The number of alkyl halides is 4. The van der Waals surface area contributed by atoms with Gasteiger partial charge < -0.3 is 4.74 Å². The fourth-order valence-electron chi connectivity index (χ4n) is 1.68. The number of benzene rings is 2. The van der Waals surface area contributed by atoms with Gasteiger partial charge in [0.2, 0.25) is 0 Å². The Morgan fingerprint density at radius 3 is 2.06 bits per heavy atom. The fourth-order valence-corrected chi connectivity index (χ4v) is 1.68. The molecule has 0 aromatic heterocycles. The summed E-state index contributed by atoms with van der Waals surface area (Å²) >= 11 is 0. The van der Waals surface area contributed by atoms with Crippen molar-refractivity contribution < 1.29 is 22.3 Å². The predicted molar refractivity (Wildman–Crippen MR) is 55.5 cm³/mol. The van der Waals surface area contributed by atoms with Gasteiger partial charge in [-0.15, -0.1) is 0 Å². The van der Waals surface area contributed by atoms with Crippen molar-refractivity contribution >= 4 is 10.8 Å². The molecule has 2 aromatic carbocycles. The first-order valence-electron chi connectivity index (χ1n) is 4.84. The van der Waals surface area contributed by atoms with E-state index in [1.165, 1.54) is 12.1 Å². The summed E-state index contributed by atoms with van der Waals surface area (Å²) < 4.78 is 54.0. The van der Waals surface area contributed by atoms with Gasteiger partial charge in [0.05, 0.1) is 0 Å². The first-order chi connectivity index (χ1) is 8.09. The van der Waals surface area contributed by atoms with Crippen molar-refractivity contribution in [3.8, 4) is 5.75 Å². The van der Waals surface area contributed by atoms with Gasteiger partial charge in [0.25, 0.3) is 6.43 Å². The second-order valence-electron chi connectivity index (χ2n) is 3.38. The molecule has 17 heavy (non-hydrogen) atoms. The summed E-state index contributed by atoms with van der Waals surface area (Å²) in [6.07, 6.45) is -2.65. The Kier molecular flexibility index (Phi) is 3.17. The summed E-state index contributed by atoms with van der Waals surface area (Å²) in [7, 11) is 0. The maximum absolute atomic E-state index is 12.7. The number of halogens is 4. The molecule has 2 aromatic rings. The van der Waals surface area contributed by atoms with Crippen molar-refractivity contribution in [2.75, 3.05) is 0 Å². The fraction of sp³-hybridized carbons (Fsp3) is 0.167. The van der Waals surface area contributed by atoms with Gasteiger partial charge in [-0.2, -0.15) is 8.78 Å². The van der Waals surface area contributed by atoms with E-state index in [1.54, 1.807) is 12.1 Å². The molecular formula is C12H8F4O. The molecule has 0 heterocycles. The SMILES string of the molecule is FC(F)Oc1ccc(C(F)F)c2ccccc12. The molecule has 5 heteroatoms. The van der Waals surface area contributed by atoms with Crippen LogP contribution in [0.5, 0.6) is 5.75 Å². The average molecular weight is 244 g/mol. The zero-order valence-electron chi connectivity index (χ0n) is 8.54. The Hall–Kier alpha value is -1.78. The van der Waals surface area contributed by atoms with E-state index in [4.69, 9.17) is 0 Å². The second-order valence-corrected chi connectivity index (χ2v) is 3.38. The lowest BCUT2D eigenvalue weighted by molar-refractivity contribution is -0.0488. The Balaban J connectivity index is 2.62. The minimum absolute atomic E-state index is 0.0972. The van der Waals surface area contributed by atoms with Crippen LogP contribution in [-0.2, 0) is 0 Å². The zero-order valence-corrected chi connectivity index (χ0v) is 8.54. The summed E-state index contributed by atoms with van der Waals surface area (Å²) in [6.45, 7) is -2.98. The summed E-state index contributed by atoms with van der Waals surface area (Å²) in [5, 5.41) is 0.478. The quantitative estimate of drug-likeness (QED) is 0.728. The standard InChI is InChI=1S/C12H8F4O/c13-11(14)9-5-6-10(17-12(15)16)8-4-2-1-3-7(8)9/h1-6,11-12H. The molecule has 0 N–H and O–H groups in total. The monoisotopic (exact) mass is 244 g/mol. The Bertz CT molecular complexity index is 525. The highest BCUT2D eigenvalue weighted by molar-refractivity contribution is 5.91. The van der Waals surface area contributed by atoms with Gasteiger partial charge in [-0.05, 0) is 17.5 Å². The van der Waals surface area contributed by atoms with Gasteiger partial charge in [0.1, 0.15) is 5.75 Å². The molecular weight excluding hydrogens is 236 g/mol. The van der Waals surface area contributed by atoms with Crippen LogP contribution in [0.15, 0.2) is 36.4 Å². The molecule has 0 unspecified atom stereocenters. The van der Waals surface area contributed by atoms with E-state index in [-0.39, 0.29) is 22.1 Å². The summed E-state index contributed by atoms with van der Waals surface area (Å²) in [5.74, 6) is -0.0972. The van der Waals surface area contributed by atoms with E-state index < -0.39 is 13.0 Å². The molecule has 1 nitrogen and oxygen atoms in total. The molecule has 0 bridgehead atoms. The molecule has 2 rings (SSSR count). The molecule has 0 aliphatic carbocycles. The summed E-state index contributed by atoms with van der Waals surface area (Å²) in [4.78, 5) is 0.